The Hall–Kier alpha value is -1.51. The third kappa shape index (κ3) is 4.06. The fourth-order valence-electron chi connectivity index (χ4n) is 2.23. The molecule has 0 aliphatic heterocycles. The second-order valence-electron chi connectivity index (χ2n) is 4.80. The molecule has 1 atom stereocenters. The van der Waals surface area contributed by atoms with Gasteiger partial charge in [0.15, 0.2) is 0 Å². The Labute approximate surface area is 109 Å². The van der Waals surface area contributed by atoms with Crippen LogP contribution in [0.4, 0.5) is 0 Å². The lowest BCUT2D eigenvalue weighted by atomic mass is 9.79. The van der Waals surface area contributed by atoms with E-state index in [0.29, 0.717) is 13.0 Å². The zero-order valence-corrected chi connectivity index (χ0v) is 11.4. The van der Waals surface area contributed by atoms with Gasteiger partial charge in [-0.05, 0) is 38.3 Å². The lowest BCUT2D eigenvalue weighted by molar-refractivity contribution is -0.143. The molecule has 1 aromatic heterocycles. The summed E-state index contributed by atoms with van der Waals surface area (Å²) in [5.41, 5.74) is 1.23. The molecule has 0 aliphatic carbocycles. The van der Waals surface area contributed by atoms with Gasteiger partial charge in [0, 0.05) is 23.7 Å². The predicted molar refractivity (Wildman–Crippen MR) is 73.4 cm³/mol. The maximum absolute atomic E-state index is 11.3. The first-order valence-corrected chi connectivity index (χ1v) is 6.53. The highest BCUT2D eigenvalue weighted by atomic mass is 16.5. The lowest BCUT2D eigenvalue weighted by Gasteiger charge is -2.27. The fraction of sp³-hybridized carbons (Fsp3) is 0.533. The van der Waals surface area contributed by atoms with E-state index in [4.69, 9.17) is 4.74 Å². The molecule has 0 saturated carbocycles. The first-order chi connectivity index (χ1) is 8.62. The summed E-state index contributed by atoms with van der Waals surface area (Å²) in [6, 6.07) is 4.09. The average molecular weight is 249 g/mol. The third-order valence-electron chi connectivity index (χ3n) is 3.26. The minimum Gasteiger partial charge on any atom is -0.466 e. The summed E-state index contributed by atoms with van der Waals surface area (Å²) in [6.45, 7) is 8.31. The molecule has 1 aromatic rings. The molecule has 1 unspecified atom stereocenters. The number of rotatable bonds is 8. The molecule has 3 nitrogen and oxygen atoms in total. The van der Waals surface area contributed by atoms with Gasteiger partial charge in [0.1, 0.15) is 0 Å². The molecule has 0 radical (unpaired) electrons. The number of hydrogen-bond acceptors (Lipinski definition) is 2. The van der Waals surface area contributed by atoms with Crippen molar-refractivity contribution in [1.82, 2.24) is 4.98 Å². The molecule has 0 amide bonds. The minimum atomic E-state index is -0.107. The molecule has 0 saturated heterocycles. The van der Waals surface area contributed by atoms with Crippen LogP contribution in [0, 0.1) is 0 Å². The van der Waals surface area contributed by atoms with Crippen LogP contribution in [0.1, 0.15) is 45.2 Å². The van der Waals surface area contributed by atoms with Crippen molar-refractivity contribution in [1.29, 1.82) is 0 Å². The topological polar surface area (TPSA) is 42.1 Å². The lowest BCUT2D eigenvalue weighted by Crippen LogP contribution is -2.22. The molecule has 0 fully saturated rings. The monoisotopic (exact) mass is 249 g/mol. The van der Waals surface area contributed by atoms with E-state index in [1.54, 1.807) is 0 Å². The van der Waals surface area contributed by atoms with Gasteiger partial charge in [-0.2, -0.15) is 0 Å². The first-order valence-electron chi connectivity index (χ1n) is 6.53. The molecule has 3 heteroatoms. The SMILES string of the molecule is C=CCC(C)(CCCC(=O)OCC)c1ccc[nH]1. The molecule has 1 heterocycles. The highest BCUT2D eigenvalue weighted by Crippen LogP contribution is 2.32. The van der Waals surface area contributed by atoms with Crippen LogP contribution in [-0.4, -0.2) is 17.6 Å². The predicted octanol–water partition coefficient (Wildman–Crippen LogP) is 3.58. The van der Waals surface area contributed by atoms with Gasteiger partial charge >= 0.3 is 5.97 Å². The third-order valence-corrected chi connectivity index (χ3v) is 3.26. The van der Waals surface area contributed by atoms with Gasteiger partial charge in [-0.15, -0.1) is 6.58 Å². The zero-order valence-electron chi connectivity index (χ0n) is 11.4. The summed E-state index contributed by atoms with van der Waals surface area (Å²) in [5.74, 6) is -0.107. The van der Waals surface area contributed by atoms with E-state index >= 15 is 0 Å². The number of hydrogen-bond donors (Lipinski definition) is 1. The molecule has 0 aliphatic rings. The number of carbonyl (C=O) groups excluding carboxylic acids is 1. The van der Waals surface area contributed by atoms with E-state index in [9.17, 15) is 4.79 Å². The molecule has 100 valence electrons. The molecular formula is C15H23NO2. The van der Waals surface area contributed by atoms with Crippen molar-refractivity contribution in [2.24, 2.45) is 0 Å². The summed E-state index contributed by atoms with van der Waals surface area (Å²) in [4.78, 5) is 14.6. The van der Waals surface area contributed by atoms with Crippen LogP contribution < -0.4 is 0 Å². The number of H-pyrrole nitrogens is 1. The maximum Gasteiger partial charge on any atom is 0.305 e. The van der Waals surface area contributed by atoms with Crippen molar-refractivity contribution < 1.29 is 9.53 Å². The van der Waals surface area contributed by atoms with Crippen molar-refractivity contribution >= 4 is 5.97 Å². The quantitative estimate of drug-likeness (QED) is 0.565. The molecule has 1 N–H and O–H groups in total. The van der Waals surface area contributed by atoms with E-state index in [1.165, 1.54) is 5.69 Å². The van der Waals surface area contributed by atoms with E-state index in [-0.39, 0.29) is 11.4 Å². The van der Waals surface area contributed by atoms with E-state index in [0.717, 1.165) is 19.3 Å². The van der Waals surface area contributed by atoms with Crippen LogP contribution in [0.2, 0.25) is 0 Å². The smallest absolute Gasteiger partial charge is 0.305 e. The Bertz CT molecular complexity index is 370. The van der Waals surface area contributed by atoms with Gasteiger partial charge in [-0.25, -0.2) is 0 Å². The highest BCUT2D eigenvalue weighted by Gasteiger charge is 2.26. The Morgan fingerprint density at radius 1 is 1.61 bits per heavy atom. The summed E-state index contributed by atoms with van der Waals surface area (Å²) < 4.78 is 4.94. The minimum absolute atomic E-state index is 0.0255. The van der Waals surface area contributed by atoms with Gasteiger partial charge in [-0.1, -0.05) is 13.0 Å². The first kappa shape index (κ1) is 14.6. The van der Waals surface area contributed by atoms with E-state index < -0.39 is 0 Å². The number of ether oxygens (including phenoxy) is 1. The second kappa shape index (κ2) is 7.04. The number of aromatic nitrogens is 1. The summed E-state index contributed by atoms with van der Waals surface area (Å²) >= 11 is 0. The molecule has 1 rings (SSSR count). The zero-order chi connectivity index (χ0) is 13.4. The second-order valence-corrected chi connectivity index (χ2v) is 4.80. The van der Waals surface area contributed by atoms with Crippen LogP contribution in [0.3, 0.4) is 0 Å². The molecular weight excluding hydrogens is 226 g/mol. The van der Waals surface area contributed by atoms with Crippen molar-refractivity contribution in [2.75, 3.05) is 6.61 Å². The molecule has 0 aromatic carbocycles. The largest absolute Gasteiger partial charge is 0.466 e. The van der Waals surface area contributed by atoms with Crippen LogP contribution in [0.15, 0.2) is 31.0 Å². The van der Waals surface area contributed by atoms with Gasteiger partial charge in [0.05, 0.1) is 6.61 Å². The summed E-state index contributed by atoms with van der Waals surface area (Å²) in [5, 5.41) is 0. The normalized spacial score (nSPS) is 13.9. The van der Waals surface area contributed by atoms with Crippen molar-refractivity contribution in [3.63, 3.8) is 0 Å². The number of allylic oxidation sites excluding steroid dienone is 1. The molecule has 0 bridgehead atoms. The van der Waals surface area contributed by atoms with Gasteiger partial charge in [0.2, 0.25) is 0 Å². The average Bonchev–Trinajstić information content (AvgIpc) is 2.83. The molecule has 0 spiro atoms. The van der Waals surface area contributed by atoms with Crippen LogP contribution in [-0.2, 0) is 14.9 Å². The Morgan fingerprint density at radius 2 is 2.39 bits per heavy atom. The number of nitrogens with one attached hydrogen (secondary N) is 1. The van der Waals surface area contributed by atoms with Gasteiger partial charge in [0.25, 0.3) is 0 Å². The Morgan fingerprint density at radius 3 is 2.94 bits per heavy atom. The Balaban J connectivity index is 2.53. The summed E-state index contributed by atoms with van der Waals surface area (Å²) in [7, 11) is 0. The fourth-order valence-corrected chi connectivity index (χ4v) is 2.23. The van der Waals surface area contributed by atoms with Gasteiger partial charge in [-0.3, -0.25) is 4.79 Å². The number of carbonyl (C=O) groups is 1. The van der Waals surface area contributed by atoms with Crippen LogP contribution in [0.5, 0.6) is 0 Å². The number of aromatic amines is 1. The van der Waals surface area contributed by atoms with Gasteiger partial charge < -0.3 is 9.72 Å². The van der Waals surface area contributed by atoms with Crippen molar-refractivity contribution in [3.05, 3.63) is 36.7 Å². The highest BCUT2D eigenvalue weighted by molar-refractivity contribution is 5.69. The van der Waals surface area contributed by atoms with Crippen molar-refractivity contribution in [3.8, 4) is 0 Å². The summed E-state index contributed by atoms with van der Waals surface area (Å²) in [6.07, 6.45) is 7.03. The van der Waals surface area contributed by atoms with Crippen LogP contribution >= 0.6 is 0 Å². The standard InChI is InChI=1S/C15H23NO2/c1-4-10-15(3,13-8-7-12-16-13)11-6-9-14(17)18-5-2/h4,7-8,12,16H,1,5-6,9-11H2,2-3H3. The van der Waals surface area contributed by atoms with E-state index in [1.807, 2.05) is 25.3 Å². The number of esters is 1. The Kier molecular flexibility index (Phi) is 5.69. The van der Waals surface area contributed by atoms with Crippen LogP contribution in [0.25, 0.3) is 0 Å². The van der Waals surface area contributed by atoms with Crippen molar-refractivity contribution in [2.45, 2.75) is 44.9 Å². The van der Waals surface area contributed by atoms with E-state index in [2.05, 4.69) is 24.6 Å². The maximum atomic E-state index is 11.3. The molecule has 18 heavy (non-hydrogen) atoms.